The van der Waals surface area contributed by atoms with Crippen LogP contribution < -0.4 is 16.4 Å². The van der Waals surface area contributed by atoms with Gasteiger partial charge in [-0.3, -0.25) is 0 Å². The molecule has 3 aromatic carbocycles. The van der Waals surface area contributed by atoms with Crippen LogP contribution in [0.5, 0.6) is 0 Å². The number of nitriles is 1. The molecule has 0 atom stereocenters. The van der Waals surface area contributed by atoms with Crippen molar-refractivity contribution in [2.24, 2.45) is 5.73 Å². The molecule has 5 nitrogen and oxygen atoms in total. The molecule has 5 heteroatoms. The first-order chi connectivity index (χ1) is 15.6. The van der Waals surface area contributed by atoms with E-state index in [1.165, 1.54) is 0 Å². The largest absolute Gasteiger partial charge is 0.403 e. The van der Waals surface area contributed by atoms with E-state index in [1.54, 1.807) is 12.4 Å². The van der Waals surface area contributed by atoms with E-state index < -0.39 is 0 Å². The quantitative estimate of drug-likeness (QED) is 0.536. The third-order valence-corrected chi connectivity index (χ3v) is 5.72. The summed E-state index contributed by atoms with van der Waals surface area (Å²) >= 11 is 0. The third-order valence-electron chi connectivity index (χ3n) is 5.72. The smallest absolute Gasteiger partial charge is 0.0994 e. The van der Waals surface area contributed by atoms with Gasteiger partial charge in [-0.05, 0) is 52.9 Å². The average molecular weight is 422 g/mol. The van der Waals surface area contributed by atoms with E-state index in [9.17, 15) is 5.26 Å². The van der Waals surface area contributed by atoms with E-state index in [-0.39, 0.29) is 0 Å². The molecule has 1 heterocycles. The van der Waals surface area contributed by atoms with Crippen molar-refractivity contribution in [3.8, 4) is 6.07 Å². The molecule has 0 saturated carbocycles. The van der Waals surface area contributed by atoms with Gasteiger partial charge in [-0.15, -0.1) is 0 Å². The van der Waals surface area contributed by atoms with E-state index in [1.807, 2.05) is 23.1 Å². The van der Waals surface area contributed by atoms with E-state index in [0.717, 1.165) is 44.5 Å². The van der Waals surface area contributed by atoms with Gasteiger partial charge in [0.05, 0.1) is 11.6 Å². The Balaban J connectivity index is 1.82. The Kier molecular flexibility index (Phi) is 6.25. The zero-order valence-corrected chi connectivity index (χ0v) is 18.1. The second-order valence-corrected chi connectivity index (χ2v) is 7.94. The van der Waals surface area contributed by atoms with Crippen LogP contribution >= 0.6 is 0 Å². The zero-order chi connectivity index (χ0) is 22.5. The van der Waals surface area contributed by atoms with Crippen LogP contribution in [0.1, 0.15) is 22.3 Å². The predicted octanol–water partition coefficient (Wildman–Crippen LogP) is 4.58. The van der Waals surface area contributed by atoms with Crippen LogP contribution in [0.2, 0.25) is 0 Å². The number of nitrogens with two attached hydrogens (primary N) is 1. The number of nitrogens with zero attached hydrogens (tertiary/aromatic N) is 2. The fourth-order valence-electron chi connectivity index (χ4n) is 4.07. The lowest BCUT2D eigenvalue weighted by Gasteiger charge is -2.24. The van der Waals surface area contributed by atoms with Gasteiger partial charge in [0.1, 0.15) is 0 Å². The van der Waals surface area contributed by atoms with Crippen molar-refractivity contribution >= 4 is 16.5 Å². The van der Waals surface area contributed by atoms with Crippen LogP contribution in [0.3, 0.4) is 0 Å². The van der Waals surface area contributed by atoms with Crippen molar-refractivity contribution in [3.05, 3.63) is 114 Å². The van der Waals surface area contributed by atoms with Crippen molar-refractivity contribution in [2.75, 3.05) is 18.4 Å². The summed E-state index contributed by atoms with van der Waals surface area (Å²) in [6.07, 6.45) is 4.06. The molecule has 0 amide bonds. The van der Waals surface area contributed by atoms with Crippen LogP contribution in [0.4, 0.5) is 5.69 Å². The highest BCUT2D eigenvalue weighted by Gasteiger charge is 2.12. The van der Waals surface area contributed by atoms with Crippen LogP contribution in [-0.2, 0) is 13.0 Å². The fourth-order valence-corrected chi connectivity index (χ4v) is 4.07. The number of benzene rings is 3. The SMILES string of the molecule is C=CN1Cc2ccc(C#N)c(c2)Cc2ccc3cccc(c3c2)NC(=C)CNC/C1=C/N. The number of nitrogens with one attached hydrogen (secondary N) is 2. The lowest BCUT2D eigenvalue weighted by Crippen LogP contribution is -2.29. The van der Waals surface area contributed by atoms with Gasteiger partial charge < -0.3 is 21.3 Å². The summed E-state index contributed by atoms with van der Waals surface area (Å²) in [5.74, 6) is 0. The molecular weight excluding hydrogens is 394 g/mol. The number of fused-ring (bicyclic) bond motifs is 3. The summed E-state index contributed by atoms with van der Waals surface area (Å²) in [5.41, 5.74) is 12.7. The monoisotopic (exact) mass is 421 g/mol. The molecule has 0 spiro atoms. The summed E-state index contributed by atoms with van der Waals surface area (Å²) in [6.45, 7) is 9.93. The predicted molar refractivity (Wildman–Crippen MR) is 132 cm³/mol. The highest BCUT2D eigenvalue weighted by Crippen LogP contribution is 2.27. The topological polar surface area (TPSA) is 77.1 Å². The molecule has 0 aromatic heterocycles. The molecular formula is C27H27N5. The highest BCUT2D eigenvalue weighted by atomic mass is 15.1. The summed E-state index contributed by atoms with van der Waals surface area (Å²) in [6, 6.07) is 21.0. The Morgan fingerprint density at radius 3 is 2.69 bits per heavy atom. The molecule has 160 valence electrons. The van der Waals surface area contributed by atoms with Crippen LogP contribution in [-0.4, -0.2) is 18.0 Å². The summed E-state index contributed by atoms with van der Waals surface area (Å²) in [7, 11) is 0. The summed E-state index contributed by atoms with van der Waals surface area (Å²) in [4.78, 5) is 2.02. The molecule has 0 fully saturated rings. The van der Waals surface area contributed by atoms with E-state index in [4.69, 9.17) is 5.73 Å². The molecule has 1 aliphatic rings. The summed E-state index contributed by atoms with van der Waals surface area (Å²) in [5, 5.41) is 18.8. The van der Waals surface area contributed by atoms with Crippen LogP contribution in [0, 0.1) is 11.3 Å². The minimum Gasteiger partial charge on any atom is -0.403 e. The summed E-state index contributed by atoms with van der Waals surface area (Å²) < 4.78 is 0. The van der Waals surface area contributed by atoms with E-state index in [2.05, 4.69) is 66.3 Å². The molecule has 1 aliphatic heterocycles. The van der Waals surface area contributed by atoms with Crippen molar-refractivity contribution < 1.29 is 0 Å². The van der Waals surface area contributed by atoms with Gasteiger partial charge in [0.25, 0.3) is 0 Å². The number of hydrogen-bond donors (Lipinski definition) is 3. The Hall–Kier alpha value is -4.01. The van der Waals surface area contributed by atoms with Crippen LogP contribution in [0.25, 0.3) is 10.8 Å². The fraction of sp³-hybridized carbons (Fsp3) is 0.148. The van der Waals surface area contributed by atoms with Crippen molar-refractivity contribution in [1.29, 1.82) is 5.26 Å². The lowest BCUT2D eigenvalue weighted by molar-refractivity contribution is 0.440. The Morgan fingerprint density at radius 1 is 1.06 bits per heavy atom. The molecule has 0 saturated heterocycles. The highest BCUT2D eigenvalue weighted by molar-refractivity contribution is 5.95. The molecule has 4 rings (SSSR count). The maximum Gasteiger partial charge on any atom is 0.0994 e. The average Bonchev–Trinajstić information content (AvgIpc) is 2.80. The Morgan fingerprint density at radius 2 is 1.91 bits per heavy atom. The normalized spacial score (nSPS) is 16.0. The van der Waals surface area contributed by atoms with Gasteiger partial charge in [0.15, 0.2) is 0 Å². The minimum atomic E-state index is 0.575. The standard InChI is InChI=1S/C27H27N5/c1-3-32-18-21-8-10-23(14-28)24(12-21)11-20-7-9-22-5-4-6-27(26(22)13-20)31-19(2)16-30-17-25(32)15-29/h3-10,12-13,15,30-31H,1-2,11,16-18,29H2/b25-15-. The van der Waals surface area contributed by atoms with Gasteiger partial charge in [-0.25, -0.2) is 0 Å². The second-order valence-electron chi connectivity index (χ2n) is 7.94. The minimum absolute atomic E-state index is 0.575. The first-order valence-corrected chi connectivity index (χ1v) is 10.6. The third kappa shape index (κ3) is 4.51. The van der Waals surface area contributed by atoms with Crippen molar-refractivity contribution in [3.63, 3.8) is 0 Å². The first-order valence-electron chi connectivity index (χ1n) is 10.6. The Labute approximate surface area is 189 Å². The van der Waals surface area contributed by atoms with Crippen molar-refractivity contribution in [1.82, 2.24) is 10.2 Å². The second kappa shape index (κ2) is 9.42. The van der Waals surface area contributed by atoms with Gasteiger partial charge in [-0.2, -0.15) is 5.26 Å². The molecule has 0 aliphatic carbocycles. The molecule has 4 N–H and O–H groups in total. The van der Waals surface area contributed by atoms with Crippen LogP contribution in [0.15, 0.2) is 91.5 Å². The van der Waals surface area contributed by atoms with Crippen molar-refractivity contribution in [2.45, 2.75) is 13.0 Å². The maximum atomic E-state index is 9.67. The molecule has 0 radical (unpaired) electrons. The lowest BCUT2D eigenvalue weighted by atomic mass is 9.96. The number of rotatable bonds is 1. The number of anilines is 1. The molecule has 0 unspecified atom stereocenters. The first kappa shape index (κ1) is 21.2. The molecule has 32 heavy (non-hydrogen) atoms. The van der Waals surface area contributed by atoms with E-state index in [0.29, 0.717) is 31.6 Å². The Bertz CT molecular complexity index is 1250. The van der Waals surface area contributed by atoms with Gasteiger partial charge in [0, 0.05) is 48.3 Å². The zero-order valence-electron chi connectivity index (χ0n) is 18.1. The van der Waals surface area contributed by atoms with Gasteiger partial charge in [-0.1, -0.05) is 49.6 Å². The van der Waals surface area contributed by atoms with E-state index >= 15 is 0 Å². The molecule has 4 bridgehead atoms. The number of hydrogen-bond acceptors (Lipinski definition) is 5. The molecule has 3 aromatic rings. The van der Waals surface area contributed by atoms with Gasteiger partial charge in [0.2, 0.25) is 0 Å². The van der Waals surface area contributed by atoms with Gasteiger partial charge >= 0.3 is 0 Å². The maximum absolute atomic E-state index is 9.67.